The molecule has 5 fully saturated rings. The van der Waals surface area contributed by atoms with Crippen molar-refractivity contribution >= 4 is 28.9 Å². The molecule has 2 saturated heterocycles. The fraction of sp³-hybridized carbons (Fsp3) is 0.540. The van der Waals surface area contributed by atoms with E-state index in [-0.39, 0.29) is 55.6 Å². The van der Waals surface area contributed by atoms with Crippen molar-refractivity contribution in [1.29, 1.82) is 0 Å². The van der Waals surface area contributed by atoms with Crippen LogP contribution in [0.4, 0.5) is 31.1 Å². The van der Waals surface area contributed by atoms with Gasteiger partial charge in [-0.2, -0.15) is 0 Å². The number of fused-ring (bicyclic) bond motifs is 1. The van der Waals surface area contributed by atoms with Gasteiger partial charge in [0.2, 0.25) is 11.8 Å². The molecule has 1 N–H and O–H groups in total. The third-order valence-electron chi connectivity index (χ3n) is 14.1. The molecule has 4 aromatic rings. The van der Waals surface area contributed by atoms with E-state index in [0.717, 1.165) is 30.5 Å². The highest BCUT2D eigenvalue weighted by Crippen LogP contribution is 2.62. The van der Waals surface area contributed by atoms with Gasteiger partial charge in [-0.25, -0.2) is 40.7 Å². The minimum absolute atomic E-state index is 0.0123. The zero-order valence-corrected chi connectivity index (χ0v) is 37.7. The van der Waals surface area contributed by atoms with Crippen molar-refractivity contribution in [1.82, 2.24) is 14.8 Å². The maximum Gasteiger partial charge on any atom is 0.418 e. The summed E-state index contributed by atoms with van der Waals surface area (Å²) in [5, 5.41) is 4.09. The van der Waals surface area contributed by atoms with Gasteiger partial charge in [-0.15, -0.1) is 0 Å². The Morgan fingerprint density at radius 2 is 1.29 bits per heavy atom. The highest BCUT2D eigenvalue weighted by molar-refractivity contribution is 5.95. The summed E-state index contributed by atoms with van der Waals surface area (Å²) in [6, 6.07) is 17.5. The number of alkyl halides is 6. The molecule has 0 amide bonds. The van der Waals surface area contributed by atoms with E-state index in [9.17, 15) is 40.7 Å². The van der Waals surface area contributed by atoms with Crippen LogP contribution in [-0.2, 0) is 20.8 Å². The number of carbonyl (C=O) groups excluding carboxylic acids is 3. The fourth-order valence-corrected chi connectivity index (χ4v) is 11.0. The Labute approximate surface area is 375 Å². The number of nitrogens with zero attached hydrogens (tertiary/aromatic N) is 2. The quantitative estimate of drug-likeness (QED) is 0.111. The summed E-state index contributed by atoms with van der Waals surface area (Å²) >= 11 is 0. The number of ether oxygens (including phenoxy) is 3. The molecule has 2 spiro atoms. The first kappa shape index (κ1) is 46.6. The van der Waals surface area contributed by atoms with Crippen molar-refractivity contribution < 1.29 is 54.9 Å². The second-order valence-electron chi connectivity index (χ2n) is 20.3. The molecule has 5 aliphatic rings. The second kappa shape index (κ2) is 16.8. The first-order chi connectivity index (χ1) is 30.4. The highest BCUT2D eigenvalue weighted by Gasteiger charge is 2.60. The van der Waals surface area contributed by atoms with Gasteiger partial charge in [-0.1, -0.05) is 30.3 Å². The number of likely N-dealkylation sites (tertiary alicyclic amines) is 1. The van der Waals surface area contributed by atoms with E-state index in [4.69, 9.17) is 9.47 Å². The Balaban J connectivity index is 0.000000228. The van der Waals surface area contributed by atoms with Crippen molar-refractivity contribution in [3.05, 3.63) is 106 Å². The molecule has 3 atom stereocenters. The zero-order valence-electron chi connectivity index (χ0n) is 37.7. The van der Waals surface area contributed by atoms with Gasteiger partial charge in [0.1, 0.15) is 5.60 Å². The average Bonchev–Trinajstić information content (AvgIpc) is 3.62. The van der Waals surface area contributed by atoms with Crippen LogP contribution in [0.15, 0.2) is 66.9 Å². The summed E-state index contributed by atoms with van der Waals surface area (Å²) in [6.07, 6.45) is 3.13. The lowest BCUT2D eigenvalue weighted by Gasteiger charge is -2.54. The molecule has 9 rings (SSSR count). The Morgan fingerprint density at radius 3 is 1.80 bits per heavy atom. The highest BCUT2D eigenvalue weighted by atomic mass is 19.3. The SMILES string of the molecule is COC(=O)c1ccc([C@@H]2CC3(CCN2)CC(F)(F)C3)cc1.COC(=O)c1ccc([C@@H]2CC3(CCN2Cc2c([C@@H]4CC4(F)F)cc(C)c4c2ccn4C(=O)OC(C)(C)C)CC(F)(F)C3)cc1. The van der Waals surface area contributed by atoms with Crippen LogP contribution in [0.5, 0.6) is 0 Å². The molecule has 0 unspecified atom stereocenters. The van der Waals surface area contributed by atoms with Gasteiger partial charge in [-0.05, 0) is 135 Å². The number of piperidine rings is 2. The Kier molecular flexibility index (Phi) is 12.0. The summed E-state index contributed by atoms with van der Waals surface area (Å²) in [6.45, 7) is 8.71. The van der Waals surface area contributed by atoms with E-state index in [1.807, 2.05) is 31.2 Å². The van der Waals surface area contributed by atoms with Crippen LogP contribution in [0.3, 0.4) is 0 Å². The number of esters is 2. The second-order valence-corrected chi connectivity index (χ2v) is 20.3. The monoisotopic (exact) mass is 909 g/mol. The van der Waals surface area contributed by atoms with Crippen molar-refractivity contribution in [2.45, 2.75) is 133 Å². The molecule has 3 aromatic carbocycles. The van der Waals surface area contributed by atoms with Gasteiger partial charge in [0, 0.05) is 62.3 Å². The van der Waals surface area contributed by atoms with Crippen molar-refractivity contribution in [3.8, 4) is 0 Å². The number of hydrogen-bond acceptors (Lipinski definition) is 8. The molecule has 0 radical (unpaired) electrons. The average molecular weight is 910 g/mol. The van der Waals surface area contributed by atoms with Crippen molar-refractivity contribution in [2.24, 2.45) is 10.8 Å². The van der Waals surface area contributed by atoms with E-state index < -0.39 is 46.8 Å². The normalized spacial score (nSPS) is 24.5. The number of nitrogens with one attached hydrogen (secondary N) is 1. The third-order valence-corrected chi connectivity index (χ3v) is 14.1. The Bertz CT molecular complexity index is 2450. The molecule has 1 aromatic heterocycles. The van der Waals surface area contributed by atoms with Crippen LogP contribution in [-0.4, -0.2) is 78.2 Å². The van der Waals surface area contributed by atoms with Gasteiger partial charge < -0.3 is 19.5 Å². The molecule has 350 valence electrons. The standard InChI is InChI=1S/C34H38F4N2O4.C16H19F2NO2/c1-20-14-24(26-15-34(26,37)38)25(23-10-12-40(28(20)23)30(42)44-31(2,3)4)17-39-13-11-32(18-33(35,36)19-32)16-27(39)21-6-8-22(9-7-21)29(41)43-5;1-21-14(20)12-4-2-11(3-5-12)13-8-15(6-7-19-13)9-16(17,18)10-15/h6-10,12,14,26-27H,11,13,15-19H2,1-5H3;2-5,13,19H,6-10H2,1H3/t26-,27-;13-/m00/s1. The predicted molar refractivity (Wildman–Crippen MR) is 232 cm³/mol. The number of methoxy groups -OCH3 is 2. The number of carbonyl (C=O) groups is 3. The first-order valence-corrected chi connectivity index (χ1v) is 22.3. The smallest absolute Gasteiger partial charge is 0.418 e. The number of hydrogen-bond donors (Lipinski definition) is 1. The number of benzene rings is 3. The maximum atomic E-state index is 14.6. The number of halogens is 6. The molecule has 3 aliphatic carbocycles. The van der Waals surface area contributed by atoms with Crippen LogP contribution in [0.1, 0.15) is 145 Å². The molecule has 3 heterocycles. The molecule has 65 heavy (non-hydrogen) atoms. The van der Waals surface area contributed by atoms with E-state index in [1.165, 1.54) is 18.8 Å². The van der Waals surface area contributed by atoms with E-state index in [0.29, 0.717) is 64.7 Å². The molecule has 3 saturated carbocycles. The van der Waals surface area contributed by atoms with Crippen LogP contribution in [0.25, 0.3) is 10.9 Å². The van der Waals surface area contributed by atoms with Gasteiger partial charge in [0.15, 0.2) is 0 Å². The minimum atomic E-state index is -2.81. The summed E-state index contributed by atoms with van der Waals surface area (Å²) in [5.74, 6) is -9.73. The molecule has 9 nitrogen and oxygen atoms in total. The number of rotatable bonds is 7. The molecular weight excluding hydrogens is 853 g/mol. The Morgan fingerprint density at radius 1 is 0.754 bits per heavy atom. The lowest BCUT2D eigenvalue weighted by Crippen LogP contribution is -2.53. The zero-order chi connectivity index (χ0) is 46.9. The minimum Gasteiger partial charge on any atom is -0.465 e. The van der Waals surface area contributed by atoms with E-state index in [2.05, 4.69) is 15.0 Å². The van der Waals surface area contributed by atoms with Crippen molar-refractivity contribution in [3.63, 3.8) is 0 Å². The topological polar surface area (TPSA) is 99.1 Å². The summed E-state index contributed by atoms with van der Waals surface area (Å²) in [5.41, 5.74) is 3.91. The van der Waals surface area contributed by atoms with E-state index >= 15 is 0 Å². The van der Waals surface area contributed by atoms with Crippen LogP contribution >= 0.6 is 0 Å². The summed E-state index contributed by atoms with van der Waals surface area (Å²) in [7, 11) is 2.65. The first-order valence-electron chi connectivity index (χ1n) is 22.3. The fourth-order valence-electron chi connectivity index (χ4n) is 11.0. The van der Waals surface area contributed by atoms with Gasteiger partial charge in [0.05, 0.1) is 36.8 Å². The Hall–Kier alpha value is -4.89. The van der Waals surface area contributed by atoms with E-state index in [1.54, 1.807) is 63.4 Å². The van der Waals surface area contributed by atoms with Gasteiger partial charge >= 0.3 is 18.0 Å². The number of aromatic nitrogens is 1. The van der Waals surface area contributed by atoms with Crippen LogP contribution in [0, 0.1) is 17.8 Å². The maximum absolute atomic E-state index is 14.6. The van der Waals surface area contributed by atoms with Gasteiger partial charge in [0.25, 0.3) is 5.92 Å². The number of aryl methyl sites for hydroxylation is 1. The lowest BCUT2D eigenvalue weighted by atomic mass is 9.59. The molecule has 0 bridgehead atoms. The molecule has 15 heteroatoms. The van der Waals surface area contributed by atoms with Crippen LogP contribution in [0.2, 0.25) is 0 Å². The lowest BCUT2D eigenvalue weighted by molar-refractivity contribution is -0.186. The largest absolute Gasteiger partial charge is 0.465 e. The molecule has 2 aliphatic heterocycles. The van der Waals surface area contributed by atoms with Crippen molar-refractivity contribution in [2.75, 3.05) is 27.3 Å². The third kappa shape index (κ3) is 9.68. The predicted octanol–water partition coefficient (Wildman–Crippen LogP) is 11.7. The molecular formula is C50H57F6N3O6. The van der Waals surface area contributed by atoms with Gasteiger partial charge in [-0.3, -0.25) is 9.47 Å². The summed E-state index contributed by atoms with van der Waals surface area (Å²) < 4.78 is 100. The van der Waals surface area contributed by atoms with Crippen LogP contribution < -0.4 is 5.32 Å². The summed E-state index contributed by atoms with van der Waals surface area (Å²) in [4.78, 5) is 38.8.